The molecule has 5 nitrogen and oxygen atoms in total. The van der Waals surface area contributed by atoms with Crippen molar-refractivity contribution in [3.05, 3.63) is 34.9 Å². The third-order valence-corrected chi connectivity index (χ3v) is 4.66. The zero-order valence-electron chi connectivity index (χ0n) is 15.4. The van der Waals surface area contributed by atoms with E-state index in [-0.39, 0.29) is 11.9 Å². The SMILES string of the molecule is CCCCc1cccc2c1CN(C[C@H](C)NC(=O)C=NC=N)CCC2. The van der Waals surface area contributed by atoms with Gasteiger partial charge in [-0.3, -0.25) is 15.1 Å². The first kappa shape index (κ1) is 19.3. The Morgan fingerprint density at radius 1 is 1.48 bits per heavy atom. The molecule has 0 fully saturated rings. The van der Waals surface area contributed by atoms with Gasteiger partial charge >= 0.3 is 0 Å². The summed E-state index contributed by atoms with van der Waals surface area (Å²) in [6.07, 6.45) is 7.92. The molecule has 0 spiro atoms. The maximum Gasteiger partial charge on any atom is 0.262 e. The molecular formula is C20H30N4O. The van der Waals surface area contributed by atoms with Gasteiger partial charge in [0.2, 0.25) is 0 Å². The average molecular weight is 342 g/mol. The number of aliphatic imine (C=N–C) groups is 1. The highest BCUT2D eigenvalue weighted by Gasteiger charge is 2.19. The van der Waals surface area contributed by atoms with Gasteiger partial charge in [0.25, 0.3) is 5.91 Å². The molecule has 5 heteroatoms. The van der Waals surface area contributed by atoms with E-state index < -0.39 is 0 Å². The Labute approximate surface area is 151 Å². The van der Waals surface area contributed by atoms with Crippen molar-refractivity contribution in [3.8, 4) is 0 Å². The fourth-order valence-electron chi connectivity index (χ4n) is 3.50. The van der Waals surface area contributed by atoms with Gasteiger partial charge in [0.15, 0.2) is 0 Å². The van der Waals surface area contributed by atoms with Gasteiger partial charge in [-0.1, -0.05) is 31.5 Å². The third-order valence-electron chi connectivity index (χ3n) is 4.66. The lowest BCUT2D eigenvalue weighted by Gasteiger charge is -2.25. The molecule has 0 saturated heterocycles. The van der Waals surface area contributed by atoms with E-state index in [9.17, 15) is 4.79 Å². The summed E-state index contributed by atoms with van der Waals surface area (Å²) in [7, 11) is 0. The van der Waals surface area contributed by atoms with E-state index in [1.807, 2.05) is 6.92 Å². The molecule has 1 aliphatic rings. The lowest BCUT2D eigenvalue weighted by Crippen LogP contribution is -2.42. The highest BCUT2D eigenvalue weighted by molar-refractivity contribution is 6.27. The number of unbranched alkanes of at least 4 members (excludes halogenated alkanes) is 1. The molecule has 1 amide bonds. The van der Waals surface area contributed by atoms with Crippen LogP contribution in [0.3, 0.4) is 0 Å². The molecule has 0 saturated carbocycles. The van der Waals surface area contributed by atoms with Crippen molar-refractivity contribution in [2.24, 2.45) is 4.99 Å². The predicted molar refractivity (Wildman–Crippen MR) is 104 cm³/mol. The van der Waals surface area contributed by atoms with Crippen molar-refractivity contribution in [2.75, 3.05) is 13.1 Å². The van der Waals surface area contributed by atoms with Crippen LogP contribution >= 0.6 is 0 Å². The van der Waals surface area contributed by atoms with Gasteiger partial charge in [0, 0.05) is 19.1 Å². The van der Waals surface area contributed by atoms with Crippen LogP contribution in [0.25, 0.3) is 0 Å². The fourth-order valence-corrected chi connectivity index (χ4v) is 3.50. The number of carbonyl (C=O) groups is 1. The number of fused-ring (bicyclic) bond motifs is 1. The molecule has 1 atom stereocenters. The van der Waals surface area contributed by atoms with E-state index in [0.717, 1.165) is 51.4 Å². The Morgan fingerprint density at radius 3 is 3.08 bits per heavy atom. The second-order valence-electron chi connectivity index (χ2n) is 6.81. The molecule has 0 aliphatic carbocycles. The molecule has 136 valence electrons. The summed E-state index contributed by atoms with van der Waals surface area (Å²) >= 11 is 0. The molecule has 1 heterocycles. The molecular weight excluding hydrogens is 312 g/mol. The van der Waals surface area contributed by atoms with Crippen LogP contribution in [0.4, 0.5) is 0 Å². The smallest absolute Gasteiger partial charge is 0.262 e. The van der Waals surface area contributed by atoms with Crippen molar-refractivity contribution in [2.45, 2.75) is 58.5 Å². The maximum atomic E-state index is 11.7. The second-order valence-corrected chi connectivity index (χ2v) is 6.81. The molecule has 0 aromatic heterocycles. The fraction of sp³-hybridized carbons (Fsp3) is 0.550. The number of benzene rings is 1. The topological polar surface area (TPSA) is 68.6 Å². The van der Waals surface area contributed by atoms with Crippen molar-refractivity contribution < 1.29 is 4.79 Å². The third kappa shape index (κ3) is 6.09. The van der Waals surface area contributed by atoms with E-state index in [2.05, 4.69) is 40.3 Å². The van der Waals surface area contributed by atoms with E-state index in [0.29, 0.717) is 0 Å². The number of amides is 1. The summed E-state index contributed by atoms with van der Waals surface area (Å²) in [4.78, 5) is 17.7. The first-order valence-corrected chi connectivity index (χ1v) is 9.28. The Bertz CT molecular complexity index is 612. The zero-order chi connectivity index (χ0) is 18.1. The minimum atomic E-state index is -0.241. The standard InChI is InChI=1S/C20H30N4O/c1-3-4-7-17-8-5-9-18-10-6-11-24(14-19(17)18)13-16(2)23-20(25)12-22-15-21/h5,8-9,12,15-16,21H,3-4,6-7,10-11,13-14H2,1-2H3,(H,23,25)/t16-/m0/s1. The molecule has 2 rings (SSSR count). The lowest BCUT2D eigenvalue weighted by atomic mass is 9.95. The quantitative estimate of drug-likeness (QED) is 0.563. The van der Waals surface area contributed by atoms with Gasteiger partial charge in [-0.15, -0.1) is 0 Å². The number of nitrogens with one attached hydrogen (secondary N) is 2. The molecule has 2 N–H and O–H groups in total. The molecule has 0 bridgehead atoms. The molecule has 25 heavy (non-hydrogen) atoms. The largest absolute Gasteiger partial charge is 0.347 e. The Balaban J connectivity index is 2.01. The normalized spacial score (nSPS) is 16.2. The number of nitrogens with zero attached hydrogens (tertiary/aromatic N) is 2. The van der Waals surface area contributed by atoms with E-state index >= 15 is 0 Å². The molecule has 0 unspecified atom stereocenters. The first-order valence-electron chi connectivity index (χ1n) is 9.28. The van der Waals surface area contributed by atoms with E-state index in [1.165, 1.54) is 29.5 Å². The number of aryl methyl sites for hydroxylation is 2. The molecule has 1 aliphatic heterocycles. The van der Waals surface area contributed by atoms with Crippen LogP contribution in [-0.4, -0.2) is 42.5 Å². The van der Waals surface area contributed by atoms with Crippen LogP contribution in [0.15, 0.2) is 23.2 Å². The molecule has 0 radical (unpaired) electrons. The lowest BCUT2D eigenvalue weighted by molar-refractivity contribution is -0.115. The predicted octanol–water partition coefficient (Wildman–Crippen LogP) is 2.96. The highest BCUT2D eigenvalue weighted by atomic mass is 16.1. The van der Waals surface area contributed by atoms with Crippen molar-refractivity contribution in [1.82, 2.24) is 10.2 Å². The highest BCUT2D eigenvalue weighted by Crippen LogP contribution is 2.24. The van der Waals surface area contributed by atoms with Gasteiger partial charge < -0.3 is 5.32 Å². The van der Waals surface area contributed by atoms with E-state index in [4.69, 9.17) is 5.41 Å². The Hall–Kier alpha value is -2.01. The monoisotopic (exact) mass is 342 g/mol. The zero-order valence-corrected chi connectivity index (χ0v) is 15.4. The molecule has 1 aromatic carbocycles. The Morgan fingerprint density at radius 2 is 2.32 bits per heavy atom. The summed E-state index contributed by atoms with van der Waals surface area (Å²) in [5.41, 5.74) is 4.48. The van der Waals surface area contributed by atoms with Crippen molar-refractivity contribution in [3.63, 3.8) is 0 Å². The number of carbonyl (C=O) groups excluding carboxylic acids is 1. The average Bonchev–Trinajstić information content (AvgIpc) is 2.80. The minimum Gasteiger partial charge on any atom is -0.347 e. The van der Waals surface area contributed by atoms with Crippen LogP contribution < -0.4 is 5.32 Å². The van der Waals surface area contributed by atoms with Crippen LogP contribution in [-0.2, 0) is 24.2 Å². The summed E-state index contributed by atoms with van der Waals surface area (Å²) < 4.78 is 0. The van der Waals surface area contributed by atoms with Crippen LogP contribution in [0, 0.1) is 5.41 Å². The molecule has 1 aromatic rings. The van der Waals surface area contributed by atoms with E-state index in [1.54, 1.807) is 0 Å². The van der Waals surface area contributed by atoms with Crippen molar-refractivity contribution in [1.29, 1.82) is 5.41 Å². The number of hydrogen-bond acceptors (Lipinski definition) is 3. The first-order chi connectivity index (χ1) is 12.1. The second kappa shape index (κ2) is 10.1. The summed E-state index contributed by atoms with van der Waals surface area (Å²) in [6, 6.07) is 6.80. The van der Waals surface area contributed by atoms with Gasteiger partial charge in [-0.25, -0.2) is 4.99 Å². The van der Waals surface area contributed by atoms with Gasteiger partial charge in [0.05, 0.1) is 6.21 Å². The van der Waals surface area contributed by atoms with Gasteiger partial charge in [-0.2, -0.15) is 0 Å². The number of hydrogen-bond donors (Lipinski definition) is 2. The number of rotatable bonds is 8. The van der Waals surface area contributed by atoms with Gasteiger partial charge in [0.1, 0.15) is 6.34 Å². The van der Waals surface area contributed by atoms with Crippen LogP contribution in [0.2, 0.25) is 0 Å². The van der Waals surface area contributed by atoms with Crippen LogP contribution in [0.1, 0.15) is 49.8 Å². The van der Waals surface area contributed by atoms with Crippen LogP contribution in [0.5, 0.6) is 0 Å². The Kier molecular flexibility index (Phi) is 7.79. The summed E-state index contributed by atoms with van der Waals surface area (Å²) in [5, 5.41) is 9.76. The maximum absolute atomic E-state index is 11.7. The minimum absolute atomic E-state index is 0.0500. The summed E-state index contributed by atoms with van der Waals surface area (Å²) in [6.45, 7) is 7.09. The van der Waals surface area contributed by atoms with Gasteiger partial charge in [-0.05, 0) is 55.8 Å². The summed E-state index contributed by atoms with van der Waals surface area (Å²) in [5.74, 6) is -0.241. The van der Waals surface area contributed by atoms with Crippen molar-refractivity contribution >= 4 is 18.5 Å².